The number of nitrogens with zero attached hydrogens (tertiary/aromatic N) is 2. The van der Waals surface area contributed by atoms with Gasteiger partial charge < -0.3 is 16.0 Å². The van der Waals surface area contributed by atoms with E-state index >= 15 is 0 Å². The predicted molar refractivity (Wildman–Crippen MR) is 80.5 cm³/mol. The second-order valence-corrected chi connectivity index (χ2v) is 5.11. The van der Waals surface area contributed by atoms with Crippen LogP contribution in [-0.4, -0.2) is 36.5 Å². The normalized spacial score (nSPS) is 18.2. The number of likely N-dealkylation sites (N-methyl/N-ethyl adjacent to an activating group) is 1. The molecule has 0 aromatic heterocycles. The second kappa shape index (κ2) is 6.53. The number of carbonyl (C=O) groups excluding carboxylic acids is 1. The minimum absolute atomic E-state index is 0.00687. The number of hydrogen-bond donors (Lipinski definition) is 2. The number of nitrogens with one attached hydrogen (secondary N) is 1. The summed E-state index contributed by atoms with van der Waals surface area (Å²) in [6.45, 7) is 4.34. The van der Waals surface area contributed by atoms with E-state index in [2.05, 4.69) is 5.32 Å². The Morgan fingerprint density at radius 1 is 1.57 bits per heavy atom. The van der Waals surface area contributed by atoms with Gasteiger partial charge in [0.1, 0.15) is 5.69 Å². The molecule has 0 radical (unpaired) electrons. The molecule has 1 heterocycles. The number of nitro benzene ring substituents is 1. The maximum absolute atomic E-state index is 11.3. The van der Waals surface area contributed by atoms with Gasteiger partial charge >= 0.3 is 0 Å². The van der Waals surface area contributed by atoms with Crippen molar-refractivity contribution in [1.82, 2.24) is 5.32 Å². The average molecular weight is 292 g/mol. The van der Waals surface area contributed by atoms with Crippen molar-refractivity contribution in [1.29, 1.82) is 0 Å². The Balaban J connectivity index is 2.43. The van der Waals surface area contributed by atoms with Crippen LogP contribution < -0.4 is 16.0 Å². The van der Waals surface area contributed by atoms with Crippen LogP contribution in [0.5, 0.6) is 0 Å². The molecule has 0 bridgehead atoms. The van der Waals surface area contributed by atoms with E-state index in [1.165, 1.54) is 18.2 Å². The lowest BCUT2D eigenvalue weighted by atomic mass is 10.0. The Kier molecular flexibility index (Phi) is 4.74. The molecule has 1 aromatic carbocycles. The minimum atomic E-state index is -0.580. The fraction of sp³-hybridized carbons (Fsp3) is 0.500. The lowest BCUT2D eigenvalue weighted by Gasteiger charge is -2.35. The van der Waals surface area contributed by atoms with Crippen LogP contribution in [0, 0.1) is 10.1 Å². The minimum Gasteiger partial charge on any atom is -0.366 e. The SMILES string of the molecule is CCN(c1cc(C(N)=O)ccc1[N+](=O)[O-])C1CCCNC1. The molecule has 1 aliphatic heterocycles. The van der Waals surface area contributed by atoms with Gasteiger partial charge in [-0.05, 0) is 38.4 Å². The largest absolute Gasteiger partial charge is 0.366 e. The van der Waals surface area contributed by atoms with Gasteiger partial charge in [0.25, 0.3) is 5.69 Å². The summed E-state index contributed by atoms with van der Waals surface area (Å²) in [6.07, 6.45) is 2.00. The standard InChI is InChI=1S/C14H20N4O3/c1-2-17(11-4-3-7-16-9-11)13-8-10(14(15)19)5-6-12(13)18(20)21/h5-6,8,11,16H,2-4,7,9H2,1H3,(H2,15,19). The Labute approximate surface area is 123 Å². The van der Waals surface area contributed by atoms with Gasteiger partial charge in [-0.25, -0.2) is 0 Å². The lowest BCUT2D eigenvalue weighted by Crippen LogP contribution is -2.46. The summed E-state index contributed by atoms with van der Waals surface area (Å²) < 4.78 is 0. The molecule has 0 saturated carbocycles. The van der Waals surface area contributed by atoms with Crippen LogP contribution in [0.4, 0.5) is 11.4 Å². The van der Waals surface area contributed by atoms with E-state index in [4.69, 9.17) is 5.73 Å². The number of carbonyl (C=O) groups is 1. The molecule has 1 atom stereocenters. The third kappa shape index (κ3) is 3.30. The van der Waals surface area contributed by atoms with E-state index < -0.39 is 10.8 Å². The maximum atomic E-state index is 11.3. The molecule has 1 amide bonds. The van der Waals surface area contributed by atoms with Gasteiger partial charge in [0.05, 0.1) is 4.92 Å². The van der Waals surface area contributed by atoms with Crippen LogP contribution in [0.25, 0.3) is 0 Å². The molecule has 114 valence electrons. The average Bonchev–Trinajstić information content (AvgIpc) is 2.48. The molecule has 1 aromatic rings. The quantitative estimate of drug-likeness (QED) is 0.628. The number of hydrogen-bond acceptors (Lipinski definition) is 5. The number of primary amides is 1. The van der Waals surface area contributed by atoms with Crippen molar-refractivity contribution < 1.29 is 9.72 Å². The number of anilines is 1. The summed E-state index contributed by atoms with van der Waals surface area (Å²) in [5.74, 6) is -0.580. The highest BCUT2D eigenvalue weighted by Gasteiger charge is 2.26. The van der Waals surface area contributed by atoms with E-state index in [0.717, 1.165) is 25.9 Å². The number of benzene rings is 1. The third-order valence-electron chi connectivity index (χ3n) is 3.82. The van der Waals surface area contributed by atoms with Crippen molar-refractivity contribution in [3.8, 4) is 0 Å². The number of nitro groups is 1. The Hall–Kier alpha value is -2.15. The molecule has 3 N–H and O–H groups in total. The van der Waals surface area contributed by atoms with Crippen molar-refractivity contribution >= 4 is 17.3 Å². The zero-order chi connectivity index (χ0) is 15.4. The first-order valence-corrected chi connectivity index (χ1v) is 7.10. The van der Waals surface area contributed by atoms with E-state index in [0.29, 0.717) is 12.2 Å². The Bertz CT molecular complexity index is 541. The first-order valence-electron chi connectivity index (χ1n) is 7.10. The van der Waals surface area contributed by atoms with Crippen molar-refractivity contribution in [3.05, 3.63) is 33.9 Å². The number of amides is 1. The summed E-state index contributed by atoms with van der Waals surface area (Å²) in [5, 5.41) is 14.6. The maximum Gasteiger partial charge on any atom is 0.292 e. The van der Waals surface area contributed by atoms with Gasteiger partial charge in [-0.15, -0.1) is 0 Å². The van der Waals surface area contributed by atoms with E-state index in [9.17, 15) is 14.9 Å². The van der Waals surface area contributed by atoms with Crippen LogP contribution >= 0.6 is 0 Å². The highest BCUT2D eigenvalue weighted by atomic mass is 16.6. The van der Waals surface area contributed by atoms with Crippen LogP contribution in [-0.2, 0) is 0 Å². The molecule has 0 aliphatic carbocycles. The van der Waals surface area contributed by atoms with E-state index in [-0.39, 0.29) is 17.3 Å². The van der Waals surface area contributed by atoms with Crippen molar-refractivity contribution in [2.75, 3.05) is 24.5 Å². The Morgan fingerprint density at radius 3 is 2.86 bits per heavy atom. The predicted octanol–water partition coefficient (Wildman–Crippen LogP) is 1.27. The van der Waals surface area contributed by atoms with Crippen LogP contribution in [0.15, 0.2) is 18.2 Å². The molecule has 2 rings (SSSR count). The van der Waals surface area contributed by atoms with E-state index in [1.54, 1.807) is 0 Å². The van der Waals surface area contributed by atoms with Crippen molar-refractivity contribution in [2.45, 2.75) is 25.8 Å². The summed E-state index contributed by atoms with van der Waals surface area (Å²) >= 11 is 0. The fourth-order valence-electron chi connectivity index (χ4n) is 2.79. The highest BCUT2D eigenvalue weighted by molar-refractivity contribution is 5.94. The molecule has 1 unspecified atom stereocenters. The zero-order valence-corrected chi connectivity index (χ0v) is 12.0. The van der Waals surface area contributed by atoms with Gasteiger partial charge in [0.15, 0.2) is 0 Å². The van der Waals surface area contributed by atoms with Gasteiger partial charge in [-0.1, -0.05) is 0 Å². The van der Waals surface area contributed by atoms with Crippen molar-refractivity contribution in [3.63, 3.8) is 0 Å². The molecule has 1 aliphatic rings. The lowest BCUT2D eigenvalue weighted by molar-refractivity contribution is -0.384. The monoisotopic (exact) mass is 292 g/mol. The smallest absolute Gasteiger partial charge is 0.292 e. The first kappa shape index (κ1) is 15.2. The summed E-state index contributed by atoms with van der Waals surface area (Å²) in [4.78, 5) is 24.2. The van der Waals surface area contributed by atoms with E-state index in [1.807, 2.05) is 11.8 Å². The number of piperidine rings is 1. The summed E-state index contributed by atoms with van der Waals surface area (Å²) in [6, 6.07) is 4.47. The Morgan fingerprint density at radius 2 is 2.33 bits per heavy atom. The topological polar surface area (TPSA) is 102 Å². The van der Waals surface area contributed by atoms with Crippen LogP contribution in [0.2, 0.25) is 0 Å². The van der Waals surface area contributed by atoms with Crippen LogP contribution in [0.3, 0.4) is 0 Å². The second-order valence-electron chi connectivity index (χ2n) is 5.11. The number of rotatable bonds is 5. The molecule has 7 heteroatoms. The van der Waals surface area contributed by atoms with Gasteiger partial charge in [0.2, 0.25) is 5.91 Å². The number of nitrogens with two attached hydrogens (primary N) is 1. The highest BCUT2D eigenvalue weighted by Crippen LogP contribution is 2.31. The van der Waals surface area contributed by atoms with Gasteiger partial charge in [-0.3, -0.25) is 14.9 Å². The molecular formula is C14H20N4O3. The molecular weight excluding hydrogens is 272 g/mol. The summed E-state index contributed by atoms with van der Waals surface area (Å²) in [7, 11) is 0. The summed E-state index contributed by atoms with van der Waals surface area (Å²) in [5.41, 5.74) is 6.05. The van der Waals surface area contributed by atoms with Gasteiger partial charge in [0, 0.05) is 30.8 Å². The molecule has 1 fully saturated rings. The third-order valence-corrected chi connectivity index (χ3v) is 3.82. The first-order chi connectivity index (χ1) is 10.0. The molecule has 1 saturated heterocycles. The van der Waals surface area contributed by atoms with Gasteiger partial charge in [-0.2, -0.15) is 0 Å². The molecule has 21 heavy (non-hydrogen) atoms. The van der Waals surface area contributed by atoms with Crippen LogP contribution in [0.1, 0.15) is 30.1 Å². The zero-order valence-electron chi connectivity index (χ0n) is 12.0. The van der Waals surface area contributed by atoms with Crippen molar-refractivity contribution in [2.24, 2.45) is 5.73 Å². The molecule has 0 spiro atoms. The molecule has 7 nitrogen and oxygen atoms in total. The fourth-order valence-corrected chi connectivity index (χ4v) is 2.79.